The third-order valence-electron chi connectivity index (χ3n) is 4.16. The highest BCUT2D eigenvalue weighted by Gasteiger charge is 2.32. The Morgan fingerprint density at radius 3 is 2.55 bits per heavy atom. The Balaban J connectivity index is 2.24. The molecule has 1 aliphatic rings. The maximum atomic E-state index is 12.4. The predicted octanol–water partition coefficient (Wildman–Crippen LogP) is 3.58. The molecule has 1 unspecified atom stereocenters. The molecule has 2 atom stereocenters. The van der Waals surface area contributed by atoms with Crippen LogP contribution in [0.1, 0.15) is 31.9 Å². The van der Waals surface area contributed by atoms with Gasteiger partial charge in [-0.2, -0.15) is 0 Å². The second-order valence-electron chi connectivity index (χ2n) is 5.74. The molecule has 1 aromatic rings. The zero-order chi connectivity index (χ0) is 16.2. The first-order valence-corrected chi connectivity index (χ1v) is 7.71. The zero-order valence-corrected chi connectivity index (χ0v) is 13.0. The van der Waals surface area contributed by atoms with Crippen molar-refractivity contribution in [1.29, 1.82) is 0 Å². The fourth-order valence-corrected chi connectivity index (χ4v) is 2.98. The highest BCUT2D eigenvalue weighted by Crippen LogP contribution is 2.33. The van der Waals surface area contributed by atoms with Gasteiger partial charge in [0.15, 0.2) is 0 Å². The summed E-state index contributed by atoms with van der Waals surface area (Å²) >= 11 is 0. The Labute approximate surface area is 129 Å². The van der Waals surface area contributed by atoms with Crippen LogP contribution in [0.3, 0.4) is 0 Å². The summed E-state index contributed by atoms with van der Waals surface area (Å²) < 4.78 is 41.3. The number of piperazine rings is 1. The fraction of sp³-hybridized carbons (Fsp3) is 0.625. The first-order valence-electron chi connectivity index (χ1n) is 7.71. The van der Waals surface area contributed by atoms with E-state index in [1.807, 2.05) is 6.07 Å². The summed E-state index contributed by atoms with van der Waals surface area (Å²) in [5.41, 5.74) is 0.887. The van der Waals surface area contributed by atoms with Crippen LogP contribution in [-0.2, 0) is 0 Å². The molecule has 0 amide bonds. The number of rotatable bonds is 5. The Hall–Kier alpha value is -1.27. The van der Waals surface area contributed by atoms with Gasteiger partial charge in [-0.1, -0.05) is 32.4 Å². The van der Waals surface area contributed by atoms with E-state index in [9.17, 15) is 13.2 Å². The molecule has 1 saturated heterocycles. The van der Waals surface area contributed by atoms with E-state index in [1.165, 1.54) is 12.1 Å². The molecule has 0 saturated carbocycles. The van der Waals surface area contributed by atoms with Crippen LogP contribution in [0.2, 0.25) is 0 Å². The monoisotopic (exact) mass is 316 g/mol. The highest BCUT2D eigenvalue weighted by molar-refractivity contribution is 5.31. The number of halogens is 3. The summed E-state index contributed by atoms with van der Waals surface area (Å²) in [6.07, 6.45) is -3.68. The van der Waals surface area contributed by atoms with Crippen molar-refractivity contribution in [1.82, 2.24) is 10.2 Å². The van der Waals surface area contributed by atoms with Gasteiger partial charge in [0, 0.05) is 32.2 Å². The molecule has 1 aliphatic heterocycles. The lowest BCUT2D eigenvalue weighted by Gasteiger charge is -2.38. The van der Waals surface area contributed by atoms with Crippen LogP contribution < -0.4 is 10.1 Å². The summed E-state index contributed by atoms with van der Waals surface area (Å²) in [6, 6.07) is 6.51. The summed E-state index contributed by atoms with van der Waals surface area (Å²) in [7, 11) is 0. The quantitative estimate of drug-likeness (QED) is 0.898. The molecule has 1 N–H and O–H groups in total. The summed E-state index contributed by atoms with van der Waals surface area (Å²) in [5, 5.41) is 3.31. The van der Waals surface area contributed by atoms with Gasteiger partial charge in [-0.25, -0.2) is 0 Å². The van der Waals surface area contributed by atoms with Crippen molar-refractivity contribution in [3.8, 4) is 5.75 Å². The van der Waals surface area contributed by atoms with Crippen LogP contribution in [0.25, 0.3) is 0 Å². The normalized spacial score (nSPS) is 19.7. The first kappa shape index (κ1) is 17.1. The lowest BCUT2D eigenvalue weighted by Crippen LogP contribution is -2.46. The number of nitrogens with zero attached hydrogens (tertiary/aromatic N) is 1. The maximum absolute atomic E-state index is 12.4. The van der Waals surface area contributed by atoms with Crippen LogP contribution in [0, 0.1) is 5.92 Å². The summed E-state index contributed by atoms with van der Waals surface area (Å²) in [5.74, 6) is 0.215. The minimum absolute atomic E-state index is 0.115. The largest absolute Gasteiger partial charge is 0.573 e. The van der Waals surface area contributed by atoms with Gasteiger partial charge in [0.25, 0.3) is 0 Å². The minimum Gasteiger partial charge on any atom is -0.406 e. The Morgan fingerprint density at radius 1 is 1.27 bits per heavy atom. The Kier molecular flexibility index (Phi) is 5.69. The molecule has 6 heteroatoms. The Bertz CT molecular complexity index is 473. The van der Waals surface area contributed by atoms with Crippen molar-refractivity contribution in [2.75, 3.05) is 26.2 Å². The van der Waals surface area contributed by atoms with Crippen LogP contribution >= 0.6 is 0 Å². The lowest BCUT2D eigenvalue weighted by molar-refractivity contribution is -0.274. The van der Waals surface area contributed by atoms with Gasteiger partial charge in [-0.05, 0) is 23.6 Å². The predicted molar refractivity (Wildman–Crippen MR) is 79.8 cm³/mol. The van der Waals surface area contributed by atoms with Gasteiger partial charge in [-0.15, -0.1) is 13.2 Å². The molecule has 1 heterocycles. The molecule has 124 valence electrons. The maximum Gasteiger partial charge on any atom is 0.573 e. The number of hydrogen-bond acceptors (Lipinski definition) is 3. The van der Waals surface area contributed by atoms with E-state index in [4.69, 9.17) is 0 Å². The minimum atomic E-state index is -4.65. The average molecular weight is 316 g/mol. The third kappa shape index (κ3) is 4.61. The molecule has 0 aliphatic carbocycles. The summed E-state index contributed by atoms with van der Waals surface area (Å²) in [4.78, 5) is 2.34. The number of ether oxygens (including phenoxy) is 1. The molecule has 0 radical (unpaired) electrons. The summed E-state index contributed by atoms with van der Waals surface area (Å²) in [6.45, 7) is 7.87. The Morgan fingerprint density at radius 2 is 1.95 bits per heavy atom. The first-order chi connectivity index (χ1) is 10.4. The smallest absolute Gasteiger partial charge is 0.406 e. The van der Waals surface area contributed by atoms with E-state index in [-0.39, 0.29) is 11.8 Å². The average Bonchev–Trinajstić information content (AvgIpc) is 2.47. The van der Waals surface area contributed by atoms with Gasteiger partial charge < -0.3 is 10.1 Å². The third-order valence-corrected chi connectivity index (χ3v) is 4.16. The van der Waals surface area contributed by atoms with Crippen molar-refractivity contribution in [2.24, 2.45) is 5.92 Å². The van der Waals surface area contributed by atoms with Crippen LogP contribution in [0.15, 0.2) is 24.3 Å². The van der Waals surface area contributed by atoms with Gasteiger partial charge in [0.2, 0.25) is 0 Å². The van der Waals surface area contributed by atoms with Crippen LogP contribution in [0.5, 0.6) is 5.75 Å². The molecule has 3 nitrogen and oxygen atoms in total. The molecular weight excluding hydrogens is 293 g/mol. The standard InChI is InChI=1S/C16H23F3N2O/c1-3-12(2)15(21-9-7-20-8-10-21)13-5-4-6-14(11-13)22-16(17,18)19/h4-6,11-12,15,20H,3,7-10H2,1-2H3/t12?,15-/m1/s1. The van der Waals surface area contributed by atoms with E-state index in [1.54, 1.807) is 6.07 Å². The van der Waals surface area contributed by atoms with Crippen LogP contribution in [-0.4, -0.2) is 37.4 Å². The van der Waals surface area contributed by atoms with Crippen molar-refractivity contribution in [3.63, 3.8) is 0 Å². The second kappa shape index (κ2) is 7.33. The second-order valence-corrected chi connectivity index (χ2v) is 5.74. The SMILES string of the molecule is CCC(C)[C@H](c1cccc(OC(F)(F)F)c1)N1CCNCC1. The van der Waals surface area contributed by atoms with Crippen LogP contribution in [0.4, 0.5) is 13.2 Å². The molecule has 2 rings (SSSR count). The number of nitrogens with one attached hydrogen (secondary N) is 1. The van der Waals surface area contributed by atoms with E-state index < -0.39 is 6.36 Å². The topological polar surface area (TPSA) is 24.5 Å². The number of benzene rings is 1. The van der Waals surface area contributed by atoms with Gasteiger partial charge in [-0.3, -0.25) is 4.90 Å². The van der Waals surface area contributed by atoms with E-state index in [2.05, 4.69) is 28.8 Å². The van der Waals surface area contributed by atoms with Gasteiger partial charge in [0.1, 0.15) is 5.75 Å². The zero-order valence-electron chi connectivity index (χ0n) is 13.0. The lowest BCUT2D eigenvalue weighted by atomic mass is 9.90. The van der Waals surface area contributed by atoms with E-state index in [0.717, 1.165) is 38.2 Å². The van der Waals surface area contributed by atoms with Gasteiger partial charge >= 0.3 is 6.36 Å². The molecular formula is C16H23F3N2O. The molecule has 0 spiro atoms. The van der Waals surface area contributed by atoms with Crippen molar-refractivity contribution in [3.05, 3.63) is 29.8 Å². The van der Waals surface area contributed by atoms with Gasteiger partial charge in [0.05, 0.1) is 0 Å². The molecule has 1 aromatic carbocycles. The molecule has 0 bridgehead atoms. The number of alkyl halides is 3. The molecule has 22 heavy (non-hydrogen) atoms. The van der Waals surface area contributed by atoms with Crippen molar-refractivity contribution in [2.45, 2.75) is 32.7 Å². The number of hydrogen-bond donors (Lipinski definition) is 1. The van der Waals surface area contributed by atoms with Crippen molar-refractivity contribution >= 4 is 0 Å². The highest BCUT2D eigenvalue weighted by atomic mass is 19.4. The fourth-order valence-electron chi connectivity index (χ4n) is 2.98. The van der Waals surface area contributed by atoms with E-state index >= 15 is 0 Å². The molecule has 0 aromatic heterocycles. The van der Waals surface area contributed by atoms with Crippen molar-refractivity contribution < 1.29 is 17.9 Å². The molecule has 1 fully saturated rings. The van der Waals surface area contributed by atoms with E-state index in [0.29, 0.717) is 5.92 Å².